The molecule has 0 bridgehead atoms. The number of hydrogen-bond donors (Lipinski definition) is 2. The van der Waals surface area contributed by atoms with Crippen molar-refractivity contribution in [2.75, 3.05) is 5.32 Å². The van der Waals surface area contributed by atoms with Gasteiger partial charge in [0.25, 0.3) is 5.91 Å². The lowest BCUT2D eigenvalue weighted by Crippen LogP contribution is -2.14. The van der Waals surface area contributed by atoms with Gasteiger partial charge in [0, 0.05) is 11.8 Å². The topological polar surface area (TPSA) is 49.3 Å². The first-order valence-electron chi connectivity index (χ1n) is 5.67. The minimum atomic E-state index is -1.36. The molecule has 0 saturated carbocycles. The quantitative estimate of drug-likeness (QED) is 0.850. The SMILES string of the molecule is O=C(Nc1cccc(CO)c1)c1cc(F)c(F)cc1F. The molecule has 2 rings (SSSR count). The second kappa shape index (κ2) is 5.75. The molecule has 0 aliphatic heterocycles. The van der Waals surface area contributed by atoms with Crippen LogP contribution >= 0.6 is 0 Å². The average Bonchev–Trinajstić information content (AvgIpc) is 2.43. The number of aliphatic hydroxyl groups is 1. The van der Waals surface area contributed by atoms with E-state index in [9.17, 15) is 18.0 Å². The number of carbonyl (C=O) groups excluding carboxylic acids is 1. The molecule has 6 heteroatoms. The zero-order valence-electron chi connectivity index (χ0n) is 10.2. The summed E-state index contributed by atoms with van der Waals surface area (Å²) >= 11 is 0. The van der Waals surface area contributed by atoms with E-state index in [0.717, 1.165) is 0 Å². The number of amides is 1. The maximum atomic E-state index is 13.4. The molecule has 2 N–H and O–H groups in total. The van der Waals surface area contributed by atoms with Crippen LogP contribution in [0.3, 0.4) is 0 Å². The van der Waals surface area contributed by atoms with E-state index in [1.54, 1.807) is 12.1 Å². The van der Waals surface area contributed by atoms with Crippen LogP contribution in [0.15, 0.2) is 36.4 Å². The van der Waals surface area contributed by atoms with Gasteiger partial charge >= 0.3 is 0 Å². The van der Waals surface area contributed by atoms with Crippen molar-refractivity contribution >= 4 is 11.6 Å². The Bertz CT molecular complexity index is 659. The summed E-state index contributed by atoms with van der Waals surface area (Å²) in [5, 5.41) is 11.3. The summed E-state index contributed by atoms with van der Waals surface area (Å²) in [5.74, 6) is -4.72. The average molecular weight is 281 g/mol. The second-order valence-electron chi connectivity index (χ2n) is 4.06. The molecule has 20 heavy (non-hydrogen) atoms. The Hall–Kier alpha value is -2.34. The molecule has 0 spiro atoms. The van der Waals surface area contributed by atoms with Crippen molar-refractivity contribution in [3.05, 3.63) is 65.0 Å². The van der Waals surface area contributed by atoms with Crippen LogP contribution in [0.5, 0.6) is 0 Å². The lowest BCUT2D eigenvalue weighted by molar-refractivity contribution is 0.102. The fourth-order valence-electron chi connectivity index (χ4n) is 1.64. The third-order valence-corrected chi connectivity index (χ3v) is 2.62. The van der Waals surface area contributed by atoms with Gasteiger partial charge in [-0.15, -0.1) is 0 Å². The fraction of sp³-hybridized carbons (Fsp3) is 0.0714. The normalized spacial score (nSPS) is 10.4. The van der Waals surface area contributed by atoms with Crippen molar-refractivity contribution in [3.8, 4) is 0 Å². The lowest BCUT2D eigenvalue weighted by atomic mass is 10.1. The van der Waals surface area contributed by atoms with E-state index in [2.05, 4.69) is 5.32 Å². The van der Waals surface area contributed by atoms with Crippen molar-refractivity contribution in [2.45, 2.75) is 6.61 Å². The summed E-state index contributed by atoms with van der Waals surface area (Å²) in [5.41, 5.74) is 0.262. The molecule has 1 amide bonds. The number of aliphatic hydroxyl groups excluding tert-OH is 1. The first-order chi connectivity index (χ1) is 9.51. The van der Waals surface area contributed by atoms with Crippen LogP contribution in [-0.2, 0) is 6.61 Å². The van der Waals surface area contributed by atoms with Gasteiger partial charge < -0.3 is 10.4 Å². The van der Waals surface area contributed by atoms with Crippen LogP contribution in [-0.4, -0.2) is 11.0 Å². The molecular formula is C14H10F3NO2. The van der Waals surface area contributed by atoms with Gasteiger partial charge in [0.1, 0.15) is 5.82 Å². The van der Waals surface area contributed by atoms with Crippen LogP contribution in [0, 0.1) is 17.5 Å². The van der Waals surface area contributed by atoms with Crippen molar-refractivity contribution < 1.29 is 23.1 Å². The summed E-state index contributed by atoms with van der Waals surface area (Å²) in [6.07, 6.45) is 0. The Balaban J connectivity index is 2.26. The molecule has 0 aliphatic carbocycles. The van der Waals surface area contributed by atoms with E-state index in [1.807, 2.05) is 0 Å². The number of hydrogen-bond acceptors (Lipinski definition) is 2. The van der Waals surface area contributed by atoms with Crippen molar-refractivity contribution in [2.24, 2.45) is 0 Å². The minimum Gasteiger partial charge on any atom is -0.392 e. The predicted octanol–water partition coefficient (Wildman–Crippen LogP) is 2.85. The van der Waals surface area contributed by atoms with E-state index in [1.165, 1.54) is 12.1 Å². The molecule has 2 aromatic carbocycles. The van der Waals surface area contributed by atoms with E-state index in [-0.39, 0.29) is 6.61 Å². The monoisotopic (exact) mass is 281 g/mol. The van der Waals surface area contributed by atoms with E-state index in [4.69, 9.17) is 5.11 Å². The van der Waals surface area contributed by atoms with Crippen LogP contribution in [0.25, 0.3) is 0 Å². The number of nitrogens with one attached hydrogen (secondary N) is 1. The van der Waals surface area contributed by atoms with E-state index in [0.29, 0.717) is 23.4 Å². The molecule has 2 aromatic rings. The molecule has 0 fully saturated rings. The molecule has 3 nitrogen and oxygen atoms in total. The van der Waals surface area contributed by atoms with Gasteiger partial charge in [0.15, 0.2) is 11.6 Å². The molecule has 104 valence electrons. The summed E-state index contributed by atoms with van der Waals surface area (Å²) < 4.78 is 39.2. The van der Waals surface area contributed by atoms with Gasteiger partial charge in [-0.3, -0.25) is 4.79 Å². The van der Waals surface area contributed by atoms with Crippen LogP contribution in [0.1, 0.15) is 15.9 Å². The minimum absolute atomic E-state index is 0.219. The molecule has 0 aromatic heterocycles. The molecule has 0 unspecified atom stereocenters. The van der Waals surface area contributed by atoms with Gasteiger partial charge in [-0.2, -0.15) is 0 Å². The largest absolute Gasteiger partial charge is 0.392 e. The maximum Gasteiger partial charge on any atom is 0.258 e. The van der Waals surface area contributed by atoms with Gasteiger partial charge in [-0.25, -0.2) is 13.2 Å². The van der Waals surface area contributed by atoms with Crippen molar-refractivity contribution in [1.82, 2.24) is 0 Å². The summed E-state index contributed by atoms with van der Waals surface area (Å²) in [6, 6.07) is 7.03. The number of halogens is 3. The highest BCUT2D eigenvalue weighted by molar-refractivity contribution is 6.04. The van der Waals surface area contributed by atoms with Crippen LogP contribution < -0.4 is 5.32 Å². The van der Waals surface area contributed by atoms with E-state index < -0.39 is 28.9 Å². The smallest absolute Gasteiger partial charge is 0.258 e. The highest BCUT2D eigenvalue weighted by Gasteiger charge is 2.16. The van der Waals surface area contributed by atoms with Crippen LogP contribution in [0.4, 0.5) is 18.9 Å². The molecular weight excluding hydrogens is 271 g/mol. The number of rotatable bonds is 3. The Labute approximate surface area is 112 Å². The third kappa shape index (κ3) is 2.97. The summed E-state index contributed by atoms with van der Waals surface area (Å²) in [7, 11) is 0. The van der Waals surface area contributed by atoms with Gasteiger partial charge in [0.05, 0.1) is 12.2 Å². The fourth-order valence-corrected chi connectivity index (χ4v) is 1.64. The Morgan fingerprint density at radius 1 is 1.05 bits per heavy atom. The standard InChI is InChI=1S/C14H10F3NO2/c15-11-6-13(17)12(16)5-10(11)14(20)18-9-3-1-2-8(4-9)7-19/h1-6,19H,7H2,(H,18,20). The zero-order chi connectivity index (χ0) is 14.7. The Morgan fingerprint density at radius 2 is 1.75 bits per heavy atom. The first-order valence-corrected chi connectivity index (χ1v) is 5.67. The number of anilines is 1. The number of carbonyl (C=O) groups is 1. The van der Waals surface area contributed by atoms with Gasteiger partial charge in [0.2, 0.25) is 0 Å². The van der Waals surface area contributed by atoms with Gasteiger partial charge in [-0.1, -0.05) is 12.1 Å². The third-order valence-electron chi connectivity index (χ3n) is 2.62. The highest BCUT2D eigenvalue weighted by atomic mass is 19.2. The highest BCUT2D eigenvalue weighted by Crippen LogP contribution is 2.17. The van der Waals surface area contributed by atoms with Crippen molar-refractivity contribution in [3.63, 3.8) is 0 Å². The molecule has 0 atom stereocenters. The van der Waals surface area contributed by atoms with E-state index >= 15 is 0 Å². The molecule has 0 heterocycles. The predicted molar refractivity (Wildman–Crippen MR) is 66.6 cm³/mol. The maximum absolute atomic E-state index is 13.4. The molecule has 0 saturated heterocycles. The summed E-state index contributed by atoms with van der Waals surface area (Å²) in [6.45, 7) is -0.219. The second-order valence-corrected chi connectivity index (χ2v) is 4.06. The lowest BCUT2D eigenvalue weighted by Gasteiger charge is -2.07. The summed E-state index contributed by atoms with van der Waals surface area (Å²) in [4.78, 5) is 11.8. The van der Waals surface area contributed by atoms with Gasteiger partial charge in [-0.05, 0) is 23.8 Å². The first kappa shape index (κ1) is 14.1. The Morgan fingerprint density at radius 3 is 2.45 bits per heavy atom. The number of benzene rings is 2. The van der Waals surface area contributed by atoms with Crippen molar-refractivity contribution in [1.29, 1.82) is 0 Å². The molecule has 0 radical (unpaired) electrons. The molecule has 0 aliphatic rings. The zero-order valence-corrected chi connectivity index (χ0v) is 10.2. The Kier molecular flexibility index (Phi) is 4.05. The van der Waals surface area contributed by atoms with Crippen LogP contribution in [0.2, 0.25) is 0 Å².